The zero-order valence-corrected chi connectivity index (χ0v) is 9.35. The van der Waals surface area contributed by atoms with E-state index < -0.39 is 0 Å². The average Bonchev–Trinajstić information content (AvgIpc) is 2.88. The van der Waals surface area contributed by atoms with Gasteiger partial charge in [-0.1, -0.05) is 18.1 Å². The zero-order valence-electron chi connectivity index (χ0n) is 9.35. The number of rotatable bonds is 3. The lowest BCUT2D eigenvalue weighted by Gasteiger charge is -2.12. The lowest BCUT2D eigenvalue weighted by Crippen LogP contribution is -2.35. The Morgan fingerprint density at radius 1 is 1.56 bits per heavy atom. The topological polar surface area (TPSA) is 105 Å². The zero-order chi connectivity index (χ0) is 11.4. The summed E-state index contributed by atoms with van der Waals surface area (Å²) in [7, 11) is 0. The minimum absolute atomic E-state index is 0.0797. The van der Waals surface area contributed by atoms with Gasteiger partial charge in [-0.25, -0.2) is 0 Å². The number of nitrogens with one attached hydrogen (secondary N) is 2. The molecule has 0 amide bonds. The van der Waals surface area contributed by atoms with Crippen LogP contribution in [-0.2, 0) is 0 Å². The predicted molar refractivity (Wildman–Crippen MR) is 59.6 cm³/mol. The van der Waals surface area contributed by atoms with Crippen molar-refractivity contribution in [1.29, 1.82) is 0 Å². The summed E-state index contributed by atoms with van der Waals surface area (Å²) < 4.78 is 0. The number of hydrogen-bond donors (Lipinski definition) is 3. The van der Waals surface area contributed by atoms with Crippen LogP contribution in [0.3, 0.4) is 0 Å². The first-order valence-corrected chi connectivity index (χ1v) is 5.59. The van der Waals surface area contributed by atoms with E-state index in [0.29, 0.717) is 17.8 Å². The molecule has 88 valence electrons. The Morgan fingerprint density at radius 3 is 2.94 bits per heavy atom. The highest BCUT2D eigenvalue weighted by Crippen LogP contribution is 2.20. The van der Waals surface area contributed by atoms with Gasteiger partial charge in [-0.05, 0) is 19.8 Å². The predicted octanol–water partition coefficient (Wildman–Crippen LogP) is 0.108. The van der Waals surface area contributed by atoms with E-state index >= 15 is 0 Å². The van der Waals surface area contributed by atoms with Gasteiger partial charge in [-0.3, -0.25) is 4.99 Å². The van der Waals surface area contributed by atoms with Crippen molar-refractivity contribution >= 4 is 5.96 Å². The van der Waals surface area contributed by atoms with Crippen molar-refractivity contribution < 1.29 is 0 Å². The van der Waals surface area contributed by atoms with Crippen molar-refractivity contribution in [2.45, 2.75) is 44.7 Å². The van der Waals surface area contributed by atoms with Gasteiger partial charge >= 0.3 is 0 Å². The Hall–Kier alpha value is -1.66. The number of nitrogens with two attached hydrogens (primary N) is 1. The van der Waals surface area contributed by atoms with Crippen LogP contribution in [0.5, 0.6) is 0 Å². The molecule has 4 N–H and O–H groups in total. The first kappa shape index (κ1) is 10.8. The van der Waals surface area contributed by atoms with Crippen LogP contribution < -0.4 is 11.1 Å². The molecule has 1 fully saturated rings. The minimum Gasteiger partial charge on any atom is -0.370 e. The average molecular weight is 223 g/mol. The number of hydrogen-bond acceptors (Lipinski definition) is 4. The van der Waals surface area contributed by atoms with E-state index in [0.717, 1.165) is 12.8 Å². The number of aromatic amines is 1. The van der Waals surface area contributed by atoms with Gasteiger partial charge < -0.3 is 11.1 Å². The second-order valence-electron chi connectivity index (χ2n) is 4.09. The largest absolute Gasteiger partial charge is 0.370 e. The molecule has 0 bridgehead atoms. The summed E-state index contributed by atoms with van der Waals surface area (Å²) in [5.74, 6) is 1.05. The van der Waals surface area contributed by atoms with Crippen molar-refractivity contribution in [3.63, 3.8) is 0 Å². The quantitative estimate of drug-likeness (QED) is 0.498. The monoisotopic (exact) mass is 223 g/mol. The third-order valence-electron chi connectivity index (χ3n) is 2.76. The molecule has 1 aliphatic carbocycles. The van der Waals surface area contributed by atoms with Crippen molar-refractivity contribution in [1.82, 2.24) is 25.9 Å². The Morgan fingerprint density at radius 2 is 2.31 bits per heavy atom. The second-order valence-corrected chi connectivity index (χ2v) is 4.09. The van der Waals surface area contributed by atoms with E-state index in [1.54, 1.807) is 0 Å². The van der Waals surface area contributed by atoms with Crippen molar-refractivity contribution in [3.05, 3.63) is 5.82 Å². The number of tetrazole rings is 1. The van der Waals surface area contributed by atoms with Crippen molar-refractivity contribution in [2.75, 3.05) is 0 Å². The molecule has 7 nitrogen and oxygen atoms in total. The minimum atomic E-state index is -0.0797. The highest BCUT2D eigenvalue weighted by molar-refractivity contribution is 5.78. The lowest BCUT2D eigenvalue weighted by molar-refractivity contribution is 0.641. The Kier molecular flexibility index (Phi) is 3.33. The van der Waals surface area contributed by atoms with E-state index in [4.69, 9.17) is 5.73 Å². The normalized spacial score (nSPS) is 19.9. The van der Waals surface area contributed by atoms with Gasteiger partial charge in [0, 0.05) is 0 Å². The molecule has 7 heteroatoms. The van der Waals surface area contributed by atoms with Crippen LogP contribution in [-0.4, -0.2) is 32.6 Å². The molecule has 1 aliphatic rings. The van der Waals surface area contributed by atoms with Gasteiger partial charge in [-0.15, -0.1) is 10.2 Å². The highest BCUT2D eigenvalue weighted by atomic mass is 15.5. The SMILES string of the molecule is CC(NC(N)=NC1CCCC1)c1nn[nH]n1. The molecule has 0 saturated heterocycles. The summed E-state index contributed by atoms with van der Waals surface area (Å²) in [5, 5.41) is 16.7. The molecule has 1 aromatic rings. The summed E-state index contributed by atoms with van der Waals surface area (Å²) in [6.45, 7) is 1.92. The third kappa shape index (κ3) is 2.68. The first-order valence-electron chi connectivity index (χ1n) is 5.59. The summed E-state index contributed by atoms with van der Waals surface area (Å²) in [6, 6.07) is 0.300. The first-order chi connectivity index (χ1) is 7.75. The van der Waals surface area contributed by atoms with Crippen LogP contribution in [0.25, 0.3) is 0 Å². The summed E-state index contributed by atoms with van der Waals surface area (Å²) in [5.41, 5.74) is 5.81. The summed E-state index contributed by atoms with van der Waals surface area (Å²) in [6.07, 6.45) is 4.78. The van der Waals surface area contributed by atoms with Crippen LogP contribution in [0.15, 0.2) is 4.99 Å². The van der Waals surface area contributed by atoms with E-state index in [9.17, 15) is 0 Å². The number of H-pyrrole nitrogens is 1. The van der Waals surface area contributed by atoms with Crippen molar-refractivity contribution in [2.24, 2.45) is 10.7 Å². The molecule has 1 saturated carbocycles. The summed E-state index contributed by atoms with van der Waals surface area (Å²) >= 11 is 0. The van der Waals surface area contributed by atoms with E-state index in [1.807, 2.05) is 6.92 Å². The fourth-order valence-electron chi connectivity index (χ4n) is 1.91. The Bertz CT molecular complexity index is 339. The maximum atomic E-state index is 5.81. The molecule has 1 heterocycles. The van der Waals surface area contributed by atoms with Gasteiger partial charge in [0.1, 0.15) is 0 Å². The van der Waals surface area contributed by atoms with E-state index in [1.165, 1.54) is 12.8 Å². The van der Waals surface area contributed by atoms with Gasteiger partial charge in [0.15, 0.2) is 11.8 Å². The van der Waals surface area contributed by atoms with Crippen LogP contribution >= 0.6 is 0 Å². The molecular formula is C9H17N7. The Labute approximate surface area is 93.9 Å². The van der Waals surface area contributed by atoms with Gasteiger partial charge in [0.2, 0.25) is 0 Å². The lowest BCUT2D eigenvalue weighted by atomic mass is 10.3. The molecule has 0 aromatic carbocycles. The van der Waals surface area contributed by atoms with E-state index in [-0.39, 0.29) is 6.04 Å². The fourth-order valence-corrected chi connectivity index (χ4v) is 1.91. The number of guanidine groups is 1. The molecular weight excluding hydrogens is 206 g/mol. The fraction of sp³-hybridized carbons (Fsp3) is 0.778. The maximum absolute atomic E-state index is 5.81. The molecule has 1 atom stereocenters. The maximum Gasteiger partial charge on any atom is 0.196 e. The second kappa shape index (κ2) is 4.91. The van der Waals surface area contributed by atoms with Crippen LogP contribution in [0, 0.1) is 0 Å². The standard InChI is InChI=1S/C9H17N7/c1-6(8-13-15-16-14-8)11-9(10)12-7-4-2-3-5-7/h6-7H,2-5H2,1H3,(H3,10,11,12)(H,13,14,15,16). The van der Waals surface area contributed by atoms with E-state index in [2.05, 4.69) is 30.9 Å². The molecule has 0 spiro atoms. The third-order valence-corrected chi connectivity index (χ3v) is 2.76. The highest BCUT2D eigenvalue weighted by Gasteiger charge is 2.15. The number of nitrogens with zero attached hydrogens (tertiary/aromatic N) is 4. The molecule has 1 aromatic heterocycles. The summed E-state index contributed by atoms with van der Waals surface area (Å²) in [4.78, 5) is 4.42. The molecule has 0 aliphatic heterocycles. The van der Waals surface area contributed by atoms with Gasteiger partial charge in [0.05, 0.1) is 12.1 Å². The van der Waals surface area contributed by atoms with Gasteiger partial charge in [-0.2, -0.15) is 5.21 Å². The van der Waals surface area contributed by atoms with Crippen LogP contribution in [0.4, 0.5) is 0 Å². The van der Waals surface area contributed by atoms with Crippen molar-refractivity contribution in [3.8, 4) is 0 Å². The molecule has 1 unspecified atom stereocenters. The molecule has 16 heavy (non-hydrogen) atoms. The molecule has 0 radical (unpaired) electrons. The van der Waals surface area contributed by atoms with Gasteiger partial charge in [0.25, 0.3) is 0 Å². The molecule has 2 rings (SSSR count). The number of aromatic nitrogens is 4. The van der Waals surface area contributed by atoms with Crippen LogP contribution in [0.2, 0.25) is 0 Å². The van der Waals surface area contributed by atoms with Crippen LogP contribution in [0.1, 0.15) is 44.5 Å². The smallest absolute Gasteiger partial charge is 0.196 e. The Balaban J connectivity index is 1.88. The number of aliphatic imine (C=N–C) groups is 1.